The second kappa shape index (κ2) is 12.5. The summed E-state index contributed by atoms with van der Waals surface area (Å²) >= 11 is 0. The topological polar surface area (TPSA) is 119 Å². The molecule has 0 saturated heterocycles. The summed E-state index contributed by atoms with van der Waals surface area (Å²) in [5.74, 6) is -1.38. The molecule has 0 bridgehead atoms. The van der Waals surface area contributed by atoms with E-state index in [2.05, 4.69) is 15.5 Å². The molecule has 2 aromatic carbocycles. The summed E-state index contributed by atoms with van der Waals surface area (Å²) in [4.78, 5) is 55.8. The van der Waals surface area contributed by atoms with Crippen LogP contribution in [-0.4, -0.2) is 54.0 Å². The molecule has 9 nitrogen and oxygen atoms in total. The minimum atomic E-state index is -1.10. The van der Waals surface area contributed by atoms with Gasteiger partial charge in [0.05, 0.1) is 23.5 Å². The van der Waals surface area contributed by atoms with Gasteiger partial charge in [-0.3, -0.25) is 9.59 Å². The number of Topliss-reactive ketones (excluding diaryl/α,β-unsaturated/α-hetero) is 1. The molecule has 1 aliphatic heterocycles. The number of carbonyl (C=O) groups is 4. The third kappa shape index (κ3) is 6.29. The first-order valence-electron chi connectivity index (χ1n) is 14.5. The molecule has 212 valence electrons. The Hall–Kier alpha value is -3.88. The molecule has 40 heavy (non-hydrogen) atoms. The molecule has 2 saturated carbocycles. The lowest BCUT2D eigenvalue weighted by atomic mass is 9.86. The smallest absolute Gasteiger partial charge is 0.335 e. The van der Waals surface area contributed by atoms with Crippen molar-refractivity contribution in [3.8, 4) is 0 Å². The van der Waals surface area contributed by atoms with Crippen molar-refractivity contribution in [3.63, 3.8) is 0 Å². The molecule has 2 fully saturated rings. The summed E-state index contributed by atoms with van der Waals surface area (Å²) in [6, 6.07) is 12.5. The second-order valence-corrected chi connectivity index (χ2v) is 11.2. The van der Waals surface area contributed by atoms with Gasteiger partial charge in [0.2, 0.25) is 0 Å². The zero-order valence-corrected chi connectivity index (χ0v) is 22.8. The second-order valence-electron chi connectivity index (χ2n) is 11.2. The van der Waals surface area contributed by atoms with Crippen LogP contribution in [0.3, 0.4) is 0 Å². The lowest BCUT2D eigenvalue weighted by Gasteiger charge is -2.37. The van der Waals surface area contributed by atoms with Crippen molar-refractivity contribution in [3.05, 3.63) is 54.1 Å². The predicted octanol–water partition coefficient (Wildman–Crippen LogP) is 5.21. The van der Waals surface area contributed by atoms with Crippen LogP contribution in [0.2, 0.25) is 0 Å². The number of benzene rings is 2. The number of urea groups is 1. The first-order chi connectivity index (χ1) is 19.4. The van der Waals surface area contributed by atoms with Gasteiger partial charge in [0.25, 0.3) is 5.91 Å². The normalized spacial score (nSPS) is 20.4. The number of anilines is 3. The maximum absolute atomic E-state index is 14.1. The fourth-order valence-electron chi connectivity index (χ4n) is 6.39. The van der Waals surface area contributed by atoms with Gasteiger partial charge in [-0.25, -0.2) is 9.59 Å². The van der Waals surface area contributed by atoms with Crippen LogP contribution in [0.5, 0.6) is 0 Å². The van der Waals surface area contributed by atoms with E-state index in [1.165, 1.54) is 18.6 Å². The number of rotatable bonds is 7. The van der Waals surface area contributed by atoms with Gasteiger partial charge in [-0.1, -0.05) is 56.7 Å². The van der Waals surface area contributed by atoms with Crippen LogP contribution in [0.15, 0.2) is 48.5 Å². The molecule has 3 N–H and O–H groups in total. The van der Waals surface area contributed by atoms with Crippen LogP contribution in [-0.2, 0) is 9.59 Å². The number of para-hydroxylation sites is 2. The van der Waals surface area contributed by atoms with E-state index >= 15 is 0 Å². The highest BCUT2D eigenvalue weighted by atomic mass is 16.4. The zero-order chi connectivity index (χ0) is 28.1. The Bertz CT molecular complexity index is 1250. The molecule has 5 rings (SSSR count). The van der Waals surface area contributed by atoms with E-state index in [1.807, 2.05) is 24.3 Å². The number of aromatic carboxylic acids is 1. The SMILES string of the molecule is O=C(Nc1cccc(C(=O)O)c1)NC1CN(C2CCCCC2)c2ccccc2N(CC(=O)C2CCCCC2)C1=O. The van der Waals surface area contributed by atoms with Crippen LogP contribution >= 0.6 is 0 Å². The predicted molar refractivity (Wildman–Crippen MR) is 154 cm³/mol. The lowest BCUT2D eigenvalue weighted by molar-refractivity contribution is -0.126. The Morgan fingerprint density at radius 3 is 2.23 bits per heavy atom. The molecule has 3 aliphatic rings. The number of ketones is 1. The zero-order valence-electron chi connectivity index (χ0n) is 22.8. The van der Waals surface area contributed by atoms with Gasteiger partial charge in [0.15, 0.2) is 5.78 Å². The van der Waals surface area contributed by atoms with E-state index in [4.69, 9.17) is 0 Å². The standard InChI is InChI=1S/C31H38N4O5/c36-28(21-10-3-1-4-11-21)20-35-27-17-8-7-16-26(27)34(24-14-5-2-6-15-24)19-25(29(35)37)33-31(40)32-23-13-9-12-22(18-23)30(38)39/h7-9,12-13,16-18,21,24-25H,1-6,10-11,14-15,19-20H2,(H,38,39)(H2,32,33,40). The van der Waals surface area contributed by atoms with Gasteiger partial charge in [0.1, 0.15) is 6.04 Å². The summed E-state index contributed by atoms with van der Waals surface area (Å²) in [6.07, 6.45) is 10.3. The number of carbonyl (C=O) groups excluding carboxylic acids is 3. The van der Waals surface area contributed by atoms with Crippen molar-refractivity contribution >= 4 is 40.8 Å². The van der Waals surface area contributed by atoms with E-state index in [0.29, 0.717) is 11.4 Å². The van der Waals surface area contributed by atoms with Crippen LogP contribution in [0.1, 0.15) is 74.6 Å². The van der Waals surface area contributed by atoms with E-state index in [-0.39, 0.29) is 42.3 Å². The summed E-state index contributed by atoms with van der Waals surface area (Å²) in [5, 5.41) is 14.8. The van der Waals surface area contributed by atoms with Crippen molar-refractivity contribution in [1.29, 1.82) is 0 Å². The van der Waals surface area contributed by atoms with Crippen LogP contribution in [0.4, 0.5) is 21.9 Å². The molecule has 0 radical (unpaired) electrons. The quantitative estimate of drug-likeness (QED) is 0.439. The highest BCUT2D eigenvalue weighted by Crippen LogP contribution is 2.37. The van der Waals surface area contributed by atoms with E-state index in [9.17, 15) is 24.3 Å². The summed E-state index contributed by atoms with van der Waals surface area (Å²) in [5.41, 5.74) is 1.99. The summed E-state index contributed by atoms with van der Waals surface area (Å²) in [7, 11) is 0. The van der Waals surface area contributed by atoms with E-state index < -0.39 is 18.0 Å². The minimum absolute atomic E-state index is 0.0144. The van der Waals surface area contributed by atoms with Gasteiger partial charge < -0.3 is 25.5 Å². The van der Waals surface area contributed by atoms with Gasteiger partial charge in [0, 0.05) is 24.2 Å². The molecule has 1 atom stereocenters. The average Bonchev–Trinajstić information content (AvgIpc) is 3.09. The van der Waals surface area contributed by atoms with E-state index in [0.717, 1.165) is 63.5 Å². The number of carboxylic acids is 1. The molecule has 0 spiro atoms. The lowest BCUT2D eigenvalue weighted by Crippen LogP contribution is -2.55. The van der Waals surface area contributed by atoms with Crippen molar-refractivity contribution in [2.45, 2.75) is 76.3 Å². The van der Waals surface area contributed by atoms with Crippen LogP contribution in [0.25, 0.3) is 0 Å². The van der Waals surface area contributed by atoms with Crippen LogP contribution in [0, 0.1) is 5.92 Å². The Morgan fingerprint density at radius 1 is 0.850 bits per heavy atom. The van der Waals surface area contributed by atoms with Crippen molar-refractivity contribution in [1.82, 2.24) is 5.32 Å². The number of hydrogen-bond donors (Lipinski definition) is 3. The van der Waals surface area contributed by atoms with Gasteiger partial charge >= 0.3 is 12.0 Å². The van der Waals surface area contributed by atoms with Crippen molar-refractivity contribution < 1.29 is 24.3 Å². The Balaban J connectivity index is 1.43. The minimum Gasteiger partial charge on any atom is -0.478 e. The van der Waals surface area contributed by atoms with Gasteiger partial charge in [-0.05, 0) is 56.0 Å². The fraction of sp³-hybridized carbons (Fsp3) is 0.484. The van der Waals surface area contributed by atoms with Crippen molar-refractivity contribution in [2.75, 3.05) is 28.2 Å². The molecule has 2 aromatic rings. The summed E-state index contributed by atoms with van der Waals surface area (Å²) < 4.78 is 0. The first kappa shape index (κ1) is 27.7. The molecule has 1 unspecified atom stereocenters. The summed E-state index contributed by atoms with van der Waals surface area (Å²) in [6.45, 7) is 0.274. The molecule has 3 amide bonds. The third-order valence-corrected chi connectivity index (χ3v) is 8.49. The molecule has 2 aliphatic carbocycles. The number of hydrogen-bond acceptors (Lipinski definition) is 5. The molecular formula is C31H38N4O5. The Labute approximate surface area is 234 Å². The molecule has 1 heterocycles. The van der Waals surface area contributed by atoms with Gasteiger partial charge in [-0.2, -0.15) is 0 Å². The highest BCUT2D eigenvalue weighted by molar-refractivity contribution is 6.07. The molecule has 9 heteroatoms. The third-order valence-electron chi connectivity index (χ3n) is 8.49. The number of amides is 3. The maximum Gasteiger partial charge on any atom is 0.335 e. The fourth-order valence-corrected chi connectivity index (χ4v) is 6.39. The average molecular weight is 547 g/mol. The number of carboxylic acid groups (broad SMARTS) is 1. The molecule has 0 aromatic heterocycles. The Morgan fingerprint density at radius 2 is 1.52 bits per heavy atom. The van der Waals surface area contributed by atoms with Crippen molar-refractivity contribution in [2.24, 2.45) is 5.92 Å². The largest absolute Gasteiger partial charge is 0.478 e. The highest BCUT2D eigenvalue weighted by Gasteiger charge is 2.38. The number of fused-ring (bicyclic) bond motifs is 1. The number of nitrogens with zero attached hydrogens (tertiary/aromatic N) is 2. The molecular weight excluding hydrogens is 508 g/mol. The number of nitrogens with one attached hydrogen (secondary N) is 2. The monoisotopic (exact) mass is 546 g/mol. The first-order valence-corrected chi connectivity index (χ1v) is 14.5. The maximum atomic E-state index is 14.1. The van der Waals surface area contributed by atoms with Crippen LogP contribution < -0.4 is 20.4 Å². The van der Waals surface area contributed by atoms with Gasteiger partial charge in [-0.15, -0.1) is 0 Å². The van der Waals surface area contributed by atoms with E-state index in [1.54, 1.807) is 17.0 Å². The Kier molecular flexibility index (Phi) is 8.67.